The van der Waals surface area contributed by atoms with Crippen LogP contribution < -0.4 is 5.73 Å². The lowest BCUT2D eigenvalue weighted by Crippen LogP contribution is -2.37. The Bertz CT molecular complexity index is 575. The number of likely N-dealkylation sites (tertiary alicyclic amines) is 1. The number of ether oxygens (including phenoxy) is 1. The van der Waals surface area contributed by atoms with E-state index in [1.807, 2.05) is 12.1 Å². The van der Waals surface area contributed by atoms with Crippen molar-refractivity contribution in [2.45, 2.75) is 32.2 Å². The van der Waals surface area contributed by atoms with Crippen LogP contribution in [0.2, 0.25) is 0 Å². The zero-order valence-electron chi connectivity index (χ0n) is 13.5. The molecule has 5 heteroatoms. The Kier molecular flexibility index (Phi) is 6.35. The fraction of sp³-hybridized carbons (Fsp3) is 0.444. The molecule has 0 saturated carbocycles. The van der Waals surface area contributed by atoms with E-state index in [0.29, 0.717) is 32.2 Å². The van der Waals surface area contributed by atoms with Crippen molar-refractivity contribution < 1.29 is 14.3 Å². The first-order valence-electron chi connectivity index (χ1n) is 8.06. The molecule has 2 rings (SSSR count). The van der Waals surface area contributed by atoms with Crippen LogP contribution in [-0.2, 0) is 20.9 Å². The Morgan fingerprint density at radius 2 is 2.04 bits per heavy atom. The van der Waals surface area contributed by atoms with Gasteiger partial charge in [-0.1, -0.05) is 24.3 Å². The zero-order chi connectivity index (χ0) is 16.7. The normalized spacial score (nSPS) is 15.8. The van der Waals surface area contributed by atoms with E-state index in [9.17, 15) is 9.59 Å². The summed E-state index contributed by atoms with van der Waals surface area (Å²) in [5, 5.41) is 0. The molecular formula is C18H24N2O3. The number of amides is 1. The van der Waals surface area contributed by atoms with Crippen LogP contribution in [0.5, 0.6) is 0 Å². The number of hydrogen-bond donors (Lipinski definition) is 1. The van der Waals surface area contributed by atoms with Crippen molar-refractivity contribution in [3.05, 3.63) is 47.5 Å². The summed E-state index contributed by atoms with van der Waals surface area (Å²) in [6.45, 7) is 3.99. The van der Waals surface area contributed by atoms with E-state index in [1.54, 1.807) is 11.8 Å². The van der Waals surface area contributed by atoms with Crippen molar-refractivity contribution in [2.24, 2.45) is 5.73 Å². The van der Waals surface area contributed by atoms with E-state index >= 15 is 0 Å². The SMILES string of the molecule is CCOC(=O)C=CC(=O)N1CCC(c2cccc(CN)c2)CC1. The predicted octanol–water partition coefficient (Wildman–Crippen LogP) is 1.97. The molecule has 1 aliphatic heterocycles. The summed E-state index contributed by atoms with van der Waals surface area (Å²) in [6, 6.07) is 8.35. The smallest absolute Gasteiger partial charge is 0.330 e. The maximum atomic E-state index is 12.1. The molecule has 2 N–H and O–H groups in total. The molecule has 1 heterocycles. The van der Waals surface area contributed by atoms with E-state index in [4.69, 9.17) is 10.5 Å². The molecular weight excluding hydrogens is 292 g/mol. The molecule has 0 atom stereocenters. The van der Waals surface area contributed by atoms with Crippen LogP contribution in [0.15, 0.2) is 36.4 Å². The van der Waals surface area contributed by atoms with Gasteiger partial charge in [-0.15, -0.1) is 0 Å². The lowest BCUT2D eigenvalue weighted by molar-refractivity contribution is -0.137. The molecule has 0 aliphatic carbocycles. The monoisotopic (exact) mass is 316 g/mol. The second kappa shape index (κ2) is 8.48. The molecule has 0 spiro atoms. The average Bonchev–Trinajstić information content (AvgIpc) is 2.60. The zero-order valence-corrected chi connectivity index (χ0v) is 13.5. The van der Waals surface area contributed by atoms with Crippen LogP contribution in [-0.4, -0.2) is 36.5 Å². The molecule has 23 heavy (non-hydrogen) atoms. The first-order chi connectivity index (χ1) is 11.1. The van der Waals surface area contributed by atoms with Gasteiger partial charge in [-0.2, -0.15) is 0 Å². The summed E-state index contributed by atoms with van der Waals surface area (Å²) in [5.41, 5.74) is 8.12. The minimum Gasteiger partial charge on any atom is -0.463 e. The lowest BCUT2D eigenvalue weighted by atomic mass is 9.88. The number of esters is 1. The molecule has 1 saturated heterocycles. The highest BCUT2D eigenvalue weighted by atomic mass is 16.5. The summed E-state index contributed by atoms with van der Waals surface area (Å²) in [7, 11) is 0. The number of hydrogen-bond acceptors (Lipinski definition) is 4. The fourth-order valence-corrected chi connectivity index (χ4v) is 2.84. The lowest BCUT2D eigenvalue weighted by Gasteiger charge is -2.31. The van der Waals surface area contributed by atoms with Crippen molar-refractivity contribution in [1.82, 2.24) is 4.90 Å². The Morgan fingerprint density at radius 3 is 2.70 bits per heavy atom. The highest BCUT2D eigenvalue weighted by Crippen LogP contribution is 2.28. The number of benzene rings is 1. The van der Waals surface area contributed by atoms with E-state index < -0.39 is 5.97 Å². The number of carbonyl (C=O) groups excluding carboxylic acids is 2. The molecule has 124 valence electrons. The Balaban J connectivity index is 1.88. The maximum absolute atomic E-state index is 12.1. The van der Waals surface area contributed by atoms with Crippen LogP contribution in [0.25, 0.3) is 0 Å². The molecule has 0 unspecified atom stereocenters. The standard InChI is InChI=1S/C18H24N2O3/c1-2-23-18(22)7-6-17(21)20-10-8-15(9-11-20)16-5-3-4-14(12-16)13-19/h3-7,12,15H,2,8-11,13,19H2,1H3. The molecule has 5 nitrogen and oxygen atoms in total. The minimum absolute atomic E-state index is 0.132. The van der Waals surface area contributed by atoms with Gasteiger partial charge in [0.2, 0.25) is 5.91 Å². The van der Waals surface area contributed by atoms with Gasteiger partial charge in [0.05, 0.1) is 6.61 Å². The van der Waals surface area contributed by atoms with Crippen LogP contribution in [0, 0.1) is 0 Å². The Morgan fingerprint density at radius 1 is 1.30 bits per heavy atom. The second-order valence-electron chi connectivity index (χ2n) is 5.63. The largest absolute Gasteiger partial charge is 0.463 e. The quantitative estimate of drug-likeness (QED) is 0.666. The molecule has 1 aromatic carbocycles. The van der Waals surface area contributed by atoms with Crippen LogP contribution >= 0.6 is 0 Å². The van der Waals surface area contributed by atoms with E-state index in [1.165, 1.54) is 17.7 Å². The average molecular weight is 316 g/mol. The van der Waals surface area contributed by atoms with Gasteiger partial charge in [0.1, 0.15) is 0 Å². The van der Waals surface area contributed by atoms with Crippen molar-refractivity contribution >= 4 is 11.9 Å². The first kappa shape index (κ1) is 17.2. The minimum atomic E-state index is -0.477. The second-order valence-corrected chi connectivity index (χ2v) is 5.63. The van der Waals surface area contributed by atoms with Crippen molar-refractivity contribution in [1.29, 1.82) is 0 Å². The first-order valence-corrected chi connectivity index (χ1v) is 8.06. The number of nitrogens with zero attached hydrogens (tertiary/aromatic N) is 1. The summed E-state index contributed by atoms with van der Waals surface area (Å²) in [4.78, 5) is 25.1. The van der Waals surface area contributed by atoms with Gasteiger partial charge < -0.3 is 15.4 Å². The summed E-state index contributed by atoms with van der Waals surface area (Å²) < 4.78 is 4.77. The van der Waals surface area contributed by atoms with Gasteiger partial charge in [-0.05, 0) is 36.8 Å². The molecule has 0 radical (unpaired) electrons. The van der Waals surface area contributed by atoms with E-state index in [2.05, 4.69) is 12.1 Å². The van der Waals surface area contributed by atoms with Crippen molar-refractivity contribution in [2.75, 3.05) is 19.7 Å². The van der Waals surface area contributed by atoms with Crippen LogP contribution in [0.1, 0.15) is 36.8 Å². The highest BCUT2D eigenvalue weighted by Gasteiger charge is 2.22. The van der Waals surface area contributed by atoms with Crippen LogP contribution in [0.3, 0.4) is 0 Å². The van der Waals surface area contributed by atoms with Gasteiger partial charge in [0.25, 0.3) is 0 Å². The summed E-state index contributed by atoms with van der Waals surface area (Å²) >= 11 is 0. The predicted molar refractivity (Wildman–Crippen MR) is 88.7 cm³/mol. The molecule has 1 amide bonds. The Labute approximate surface area is 137 Å². The number of rotatable bonds is 5. The Hall–Kier alpha value is -2.14. The number of nitrogens with two attached hydrogens (primary N) is 1. The summed E-state index contributed by atoms with van der Waals surface area (Å²) in [5.74, 6) is -0.152. The fourth-order valence-electron chi connectivity index (χ4n) is 2.84. The van der Waals surface area contributed by atoms with Gasteiger partial charge in [-0.25, -0.2) is 4.79 Å². The van der Waals surface area contributed by atoms with Gasteiger partial charge >= 0.3 is 5.97 Å². The molecule has 0 aromatic heterocycles. The molecule has 1 fully saturated rings. The molecule has 1 aliphatic rings. The number of carbonyl (C=O) groups is 2. The third-order valence-corrected chi connectivity index (χ3v) is 4.11. The molecule has 1 aromatic rings. The third kappa shape index (κ3) is 4.93. The highest BCUT2D eigenvalue weighted by molar-refractivity contribution is 5.94. The van der Waals surface area contributed by atoms with Gasteiger partial charge in [-0.3, -0.25) is 4.79 Å². The molecule has 0 bridgehead atoms. The maximum Gasteiger partial charge on any atom is 0.330 e. The number of piperidine rings is 1. The topological polar surface area (TPSA) is 72.6 Å². The van der Waals surface area contributed by atoms with E-state index in [-0.39, 0.29) is 5.91 Å². The van der Waals surface area contributed by atoms with Crippen molar-refractivity contribution in [3.8, 4) is 0 Å². The van der Waals surface area contributed by atoms with Crippen LogP contribution in [0.4, 0.5) is 0 Å². The van der Waals surface area contributed by atoms with E-state index in [0.717, 1.165) is 18.4 Å². The summed E-state index contributed by atoms with van der Waals surface area (Å²) in [6.07, 6.45) is 4.34. The van der Waals surface area contributed by atoms with Gasteiger partial charge in [0, 0.05) is 31.8 Å². The third-order valence-electron chi connectivity index (χ3n) is 4.11. The van der Waals surface area contributed by atoms with Crippen molar-refractivity contribution in [3.63, 3.8) is 0 Å². The van der Waals surface area contributed by atoms with Gasteiger partial charge in [0.15, 0.2) is 0 Å².